The number of nitrogens with zero attached hydrogens (tertiary/aromatic N) is 1. The number of ether oxygens (including phenoxy) is 2. The summed E-state index contributed by atoms with van der Waals surface area (Å²) in [4.78, 5) is 11.0. The van der Waals surface area contributed by atoms with Crippen LogP contribution in [0.3, 0.4) is 0 Å². The van der Waals surface area contributed by atoms with Crippen molar-refractivity contribution in [1.29, 1.82) is 5.26 Å². The van der Waals surface area contributed by atoms with Gasteiger partial charge in [-0.1, -0.05) is 57.9 Å². The first-order chi connectivity index (χ1) is 14.9. The predicted molar refractivity (Wildman–Crippen MR) is 123 cm³/mol. The maximum atomic E-state index is 11.0. The minimum Gasteiger partial charge on any atom is -0.493 e. The van der Waals surface area contributed by atoms with Crippen LogP contribution in [0.1, 0.15) is 32.6 Å². The van der Waals surface area contributed by atoms with Gasteiger partial charge in [0.1, 0.15) is 6.61 Å². The second kappa shape index (κ2) is 9.96. The summed E-state index contributed by atoms with van der Waals surface area (Å²) in [7, 11) is 1.56. The van der Waals surface area contributed by atoms with E-state index in [1.807, 2.05) is 31.2 Å². The number of hydrogen-bond donors (Lipinski definition) is 1. The molecule has 3 aromatic rings. The fraction of sp³-hybridized carbons (Fsp3) is 0.120. The minimum absolute atomic E-state index is 0.166. The highest BCUT2D eigenvalue weighted by Gasteiger charge is 2.12. The SMILES string of the molecule is COc1cc(C=C(C#N)c2ccc(C(=O)O)cc2)c(Br)cc1OCc1cccc(C)c1. The van der Waals surface area contributed by atoms with E-state index in [-0.39, 0.29) is 5.56 Å². The van der Waals surface area contributed by atoms with Gasteiger partial charge in [-0.15, -0.1) is 0 Å². The number of methoxy groups -OCH3 is 1. The lowest BCUT2D eigenvalue weighted by molar-refractivity contribution is 0.0697. The normalized spacial score (nSPS) is 11.0. The van der Waals surface area contributed by atoms with Gasteiger partial charge in [0.2, 0.25) is 0 Å². The van der Waals surface area contributed by atoms with Crippen molar-refractivity contribution >= 4 is 33.5 Å². The van der Waals surface area contributed by atoms with Crippen molar-refractivity contribution in [3.63, 3.8) is 0 Å². The molecule has 3 aromatic carbocycles. The smallest absolute Gasteiger partial charge is 0.335 e. The molecule has 0 heterocycles. The lowest BCUT2D eigenvalue weighted by Crippen LogP contribution is -1.99. The molecule has 3 rings (SSSR count). The van der Waals surface area contributed by atoms with Crippen LogP contribution in [0.4, 0.5) is 0 Å². The third kappa shape index (κ3) is 5.53. The summed E-state index contributed by atoms with van der Waals surface area (Å²) in [5.74, 6) is 0.112. The molecule has 31 heavy (non-hydrogen) atoms. The van der Waals surface area contributed by atoms with Crippen LogP contribution in [-0.4, -0.2) is 18.2 Å². The maximum absolute atomic E-state index is 11.0. The molecular weight excluding hydrogens is 458 g/mol. The number of allylic oxidation sites excluding steroid dienone is 1. The van der Waals surface area contributed by atoms with Crippen LogP contribution in [0.25, 0.3) is 11.6 Å². The number of rotatable bonds is 7. The zero-order chi connectivity index (χ0) is 22.4. The Hall–Kier alpha value is -3.56. The Morgan fingerprint density at radius 3 is 2.42 bits per heavy atom. The molecule has 0 aliphatic heterocycles. The molecule has 156 valence electrons. The molecule has 0 amide bonds. The highest BCUT2D eigenvalue weighted by Crippen LogP contribution is 2.36. The fourth-order valence-electron chi connectivity index (χ4n) is 3.02. The van der Waals surface area contributed by atoms with E-state index >= 15 is 0 Å². The zero-order valence-electron chi connectivity index (χ0n) is 17.1. The van der Waals surface area contributed by atoms with Crippen LogP contribution < -0.4 is 9.47 Å². The van der Waals surface area contributed by atoms with Crippen molar-refractivity contribution in [1.82, 2.24) is 0 Å². The van der Waals surface area contributed by atoms with E-state index in [1.54, 1.807) is 31.4 Å². The number of halogens is 1. The molecule has 5 nitrogen and oxygen atoms in total. The lowest BCUT2D eigenvalue weighted by Gasteiger charge is -2.13. The molecule has 0 spiro atoms. The van der Waals surface area contributed by atoms with Crippen LogP contribution in [-0.2, 0) is 6.61 Å². The van der Waals surface area contributed by atoms with Crippen molar-refractivity contribution < 1.29 is 19.4 Å². The van der Waals surface area contributed by atoms with Gasteiger partial charge in [0.15, 0.2) is 11.5 Å². The molecule has 0 fully saturated rings. The molecule has 0 bridgehead atoms. The summed E-state index contributed by atoms with van der Waals surface area (Å²) in [6.07, 6.45) is 1.71. The first-order valence-electron chi connectivity index (χ1n) is 9.42. The number of nitriles is 1. The van der Waals surface area contributed by atoms with Gasteiger partial charge in [-0.3, -0.25) is 0 Å². The van der Waals surface area contributed by atoms with Crippen LogP contribution in [0.15, 0.2) is 65.1 Å². The summed E-state index contributed by atoms with van der Waals surface area (Å²) in [5, 5.41) is 18.7. The van der Waals surface area contributed by atoms with E-state index in [0.717, 1.165) is 21.2 Å². The van der Waals surface area contributed by atoms with Gasteiger partial charge in [-0.2, -0.15) is 5.26 Å². The molecule has 0 aromatic heterocycles. The summed E-state index contributed by atoms with van der Waals surface area (Å²) in [6.45, 7) is 2.43. The van der Waals surface area contributed by atoms with Crippen LogP contribution in [0, 0.1) is 18.3 Å². The number of carbonyl (C=O) groups is 1. The number of benzene rings is 3. The Morgan fingerprint density at radius 2 is 1.81 bits per heavy atom. The van der Waals surface area contributed by atoms with Gasteiger partial charge in [0.25, 0.3) is 0 Å². The Morgan fingerprint density at radius 1 is 1.10 bits per heavy atom. The third-order valence-corrected chi connectivity index (χ3v) is 5.31. The van der Waals surface area contributed by atoms with Gasteiger partial charge < -0.3 is 14.6 Å². The van der Waals surface area contributed by atoms with Gasteiger partial charge in [-0.25, -0.2) is 4.79 Å². The first-order valence-corrected chi connectivity index (χ1v) is 10.2. The topological polar surface area (TPSA) is 79.5 Å². The van der Waals surface area contributed by atoms with E-state index in [9.17, 15) is 10.1 Å². The Kier molecular flexibility index (Phi) is 7.11. The fourth-order valence-corrected chi connectivity index (χ4v) is 3.46. The standard InChI is InChI=1S/C25H20BrNO4/c1-16-4-3-5-17(10-16)15-31-24-13-22(26)20(12-23(24)30-2)11-21(14-27)18-6-8-19(9-7-18)25(28)29/h3-13H,15H2,1-2H3,(H,28,29). The van der Waals surface area contributed by atoms with Crippen molar-refractivity contribution in [2.75, 3.05) is 7.11 Å². The number of carboxylic acids is 1. The zero-order valence-corrected chi connectivity index (χ0v) is 18.6. The maximum Gasteiger partial charge on any atom is 0.335 e. The molecule has 6 heteroatoms. The molecule has 0 radical (unpaired) electrons. The van der Waals surface area contributed by atoms with Crippen molar-refractivity contribution in [3.8, 4) is 17.6 Å². The highest BCUT2D eigenvalue weighted by molar-refractivity contribution is 9.10. The van der Waals surface area contributed by atoms with Gasteiger partial charge in [-0.05, 0) is 54.0 Å². The van der Waals surface area contributed by atoms with Crippen LogP contribution in [0.5, 0.6) is 11.5 Å². The second-order valence-corrected chi connectivity index (χ2v) is 7.71. The largest absolute Gasteiger partial charge is 0.493 e. The van der Waals surface area contributed by atoms with Gasteiger partial charge >= 0.3 is 5.97 Å². The van der Waals surface area contributed by atoms with Gasteiger partial charge in [0.05, 0.1) is 24.3 Å². The number of aromatic carboxylic acids is 1. The van der Waals surface area contributed by atoms with E-state index in [2.05, 4.69) is 28.1 Å². The number of carboxylic acid groups (broad SMARTS) is 1. The molecule has 0 atom stereocenters. The summed E-state index contributed by atoms with van der Waals surface area (Å²) in [6, 6.07) is 20.0. The van der Waals surface area contributed by atoms with Crippen molar-refractivity contribution in [2.45, 2.75) is 13.5 Å². The summed E-state index contributed by atoms with van der Waals surface area (Å²) >= 11 is 3.54. The Bertz CT molecular complexity index is 1180. The monoisotopic (exact) mass is 477 g/mol. The van der Waals surface area contributed by atoms with Crippen LogP contribution >= 0.6 is 15.9 Å². The van der Waals surface area contributed by atoms with E-state index in [0.29, 0.717) is 29.2 Å². The first kappa shape index (κ1) is 22.1. The number of aryl methyl sites for hydroxylation is 1. The predicted octanol–water partition coefficient (Wildman–Crippen LogP) is 6.11. The molecule has 0 aliphatic rings. The second-order valence-electron chi connectivity index (χ2n) is 6.85. The minimum atomic E-state index is -1.01. The Balaban J connectivity index is 1.88. The average molecular weight is 478 g/mol. The van der Waals surface area contributed by atoms with E-state index in [4.69, 9.17) is 14.6 Å². The molecule has 0 unspecified atom stereocenters. The van der Waals surface area contributed by atoms with Crippen molar-refractivity contribution in [3.05, 3.63) is 93.0 Å². The molecule has 1 N–H and O–H groups in total. The Labute approximate surface area is 189 Å². The average Bonchev–Trinajstić information content (AvgIpc) is 2.77. The van der Waals surface area contributed by atoms with Crippen LogP contribution in [0.2, 0.25) is 0 Å². The van der Waals surface area contributed by atoms with E-state index in [1.165, 1.54) is 12.1 Å². The lowest BCUT2D eigenvalue weighted by atomic mass is 10.0. The number of hydrogen-bond acceptors (Lipinski definition) is 4. The molecule has 0 saturated carbocycles. The summed E-state index contributed by atoms with van der Waals surface area (Å²) < 4.78 is 12.2. The molecule has 0 saturated heterocycles. The molecular formula is C25H20BrNO4. The highest BCUT2D eigenvalue weighted by atomic mass is 79.9. The summed E-state index contributed by atoms with van der Waals surface area (Å²) in [5.41, 5.74) is 4.14. The quantitative estimate of drug-likeness (QED) is 0.328. The van der Waals surface area contributed by atoms with Crippen molar-refractivity contribution in [2.24, 2.45) is 0 Å². The van der Waals surface area contributed by atoms with Gasteiger partial charge in [0, 0.05) is 4.47 Å². The third-order valence-electron chi connectivity index (χ3n) is 4.62. The molecule has 0 aliphatic carbocycles. The van der Waals surface area contributed by atoms with E-state index < -0.39 is 5.97 Å².